The Morgan fingerprint density at radius 2 is 2.23 bits per heavy atom. The summed E-state index contributed by atoms with van der Waals surface area (Å²) < 4.78 is 15.2. The Balaban J connectivity index is 1.70. The van der Waals surface area contributed by atoms with Gasteiger partial charge in [-0.2, -0.15) is 5.10 Å². The number of nitrogens with zero attached hydrogens (tertiary/aromatic N) is 3. The zero-order chi connectivity index (χ0) is 15.5. The summed E-state index contributed by atoms with van der Waals surface area (Å²) in [5, 5.41) is 9.06. The van der Waals surface area contributed by atoms with Gasteiger partial charge in [-0.15, -0.1) is 11.3 Å². The highest BCUT2D eigenvalue weighted by Crippen LogP contribution is 2.17. The molecule has 0 fully saturated rings. The second-order valence-corrected chi connectivity index (χ2v) is 5.69. The molecular weight excluding hydrogens is 303 g/mol. The summed E-state index contributed by atoms with van der Waals surface area (Å²) >= 11 is 1.34. The maximum absolute atomic E-state index is 13.6. The Hall–Kier alpha value is -2.54. The Morgan fingerprint density at radius 1 is 1.41 bits per heavy atom. The summed E-state index contributed by atoms with van der Waals surface area (Å²) in [6, 6.07) is 6.56. The van der Waals surface area contributed by atoms with Crippen molar-refractivity contribution in [2.75, 3.05) is 5.32 Å². The summed E-state index contributed by atoms with van der Waals surface area (Å²) in [5.41, 5.74) is 1.49. The fourth-order valence-electron chi connectivity index (χ4n) is 1.98. The summed E-state index contributed by atoms with van der Waals surface area (Å²) in [6.45, 7) is 0. The lowest BCUT2D eigenvalue weighted by Crippen LogP contribution is -2.12. The van der Waals surface area contributed by atoms with E-state index in [9.17, 15) is 9.18 Å². The van der Waals surface area contributed by atoms with Gasteiger partial charge >= 0.3 is 0 Å². The van der Waals surface area contributed by atoms with Gasteiger partial charge in [0.25, 0.3) is 5.91 Å². The van der Waals surface area contributed by atoms with Crippen molar-refractivity contribution in [2.24, 2.45) is 7.05 Å². The van der Waals surface area contributed by atoms with Crippen LogP contribution >= 0.6 is 11.3 Å². The predicted octanol–water partition coefficient (Wildman–Crippen LogP) is 2.86. The normalized spacial score (nSPS) is 10.6. The van der Waals surface area contributed by atoms with E-state index in [2.05, 4.69) is 15.4 Å². The number of aromatic nitrogens is 3. The number of thiazole rings is 1. The maximum atomic E-state index is 13.6. The average Bonchev–Trinajstić information content (AvgIpc) is 3.11. The van der Waals surface area contributed by atoms with Crippen molar-refractivity contribution in [1.29, 1.82) is 0 Å². The number of carbonyl (C=O) groups excluding carboxylic acids is 1. The third kappa shape index (κ3) is 3.20. The van der Waals surface area contributed by atoms with Crippen molar-refractivity contribution in [3.05, 3.63) is 64.1 Å². The zero-order valence-corrected chi connectivity index (χ0v) is 12.6. The third-order valence-corrected chi connectivity index (χ3v) is 3.90. The van der Waals surface area contributed by atoms with Crippen LogP contribution in [0.2, 0.25) is 0 Å². The fourth-order valence-corrected chi connectivity index (χ4v) is 2.78. The van der Waals surface area contributed by atoms with E-state index in [1.807, 2.05) is 0 Å². The van der Waals surface area contributed by atoms with Gasteiger partial charge in [0.1, 0.15) is 11.5 Å². The lowest BCUT2D eigenvalue weighted by atomic mass is 10.1. The molecule has 0 atom stereocenters. The molecule has 1 amide bonds. The second kappa shape index (κ2) is 6.07. The Morgan fingerprint density at radius 3 is 2.95 bits per heavy atom. The first kappa shape index (κ1) is 14.4. The van der Waals surface area contributed by atoms with E-state index in [0.717, 1.165) is 0 Å². The monoisotopic (exact) mass is 316 g/mol. The van der Waals surface area contributed by atoms with Gasteiger partial charge in [-0.3, -0.25) is 9.48 Å². The first-order valence-corrected chi connectivity index (χ1v) is 7.47. The van der Waals surface area contributed by atoms with Crippen LogP contribution in [0.4, 0.5) is 10.1 Å². The van der Waals surface area contributed by atoms with Gasteiger partial charge in [-0.25, -0.2) is 9.37 Å². The van der Waals surface area contributed by atoms with Gasteiger partial charge in [-0.05, 0) is 11.6 Å². The van der Waals surface area contributed by atoms with E-state index >= 15 is 0 Å². The molecule has 0 bridgehead atoms. The Kier molecular flexibility index (Phi) is 3.97. The molecule has 1 aromatic carbocycles. The number of amides is 1. The van der Waals surface area contributed by atoms with Crippen LogP contribution in [-0.4, -0.2) is 20.7 Å². The molecule has 5 nitrogen and oxygen atoms in total. The lowest BCUT2D eigenvalue weighted by Gasteiger charge is -2.00. The topological polar surface area (TPSA) is 59.8 Å². The van der Waals surface area contributed by atoms with Gasteiger partial charge in [-0.1, -0.05) is 18.2 Å². The minimum absolute atomic E-state index is 0.265. The fraction of sp³-hybridized carbons (Fsp3) is 0.133. The molecule has 0 unspecified atom stereocenters. The number of hydrogen-bond donors (Lipinski definition) is 1. The first-order chi connectivity index (χ1) is 10.6. The van der Waals surface area contributed by atoms with Crippen molar-refractivity contribution in [3.8, 4) is 0 Å². The number of anilines is 1. The van der Waals surface area contributed by atoms with Crippen LogP contribution in [0, 0.1) is 5.82 Å². The van der Waals surface area contributed by atoms with Crippen LogP contribution in [0.15, 0.2) is 42.0 Å². The molecule has 0 aliphatic heterocycles. The minimum atomic E-state index is -0.302. The number of aryl methyl sites for hydroxylation is 1. The number of rotatable bonds is 4. The van der Waals surface area contributed by atoms with Gasteiger partial charge in [0.2, 0.25) is 0 Å². The molecule has 0 saturated carbocycles. The molecule has 22 heavy (non-hydrogen) atoms. The van der Waals surface area contributed by atoms with Crippen molar-refractivity contribution in [3.63, 3.8) is 0 Å². The smallest absolute Gasteiger partial charge is 0.275 e. The third-order valence-electron chi connectivity index (χ3n) is 3.05. The minimum Gasteiger partial charge on any atom is -0.318 e. The van der Waals surface area contributed by atoms with E-state index in [4.69, 9.17) is 0 Å². The molecule has 0 radical (unpaired) electrons. The standard InChI is InChI=1S/C15H13FN4OS/c1-20-8-11(7-17-20)18-15(21)13-9-22-14(19-13)6-10-4-2-3-5-12(10)16/h2-5,7-9H,6H2,1H3,(H,18,21). The molecule has 0 aliphatic carbocycles. The highest BCUT2D eigenvalue weighted by molar-refractivity contribution is 7.09. The van der Waals surface area contributed by atoms with E-state index in [1.54, 1.807) is 47.7 Å². The number of benzene rings is 1. The Bertz CT molecular complexity index is 811. The van der Waals surface area contributed by atoms with Crippen LogP contribution in [0.5, 0.6) is 0 Å². The van der Waals surface area contributed by atoms with E-state index < -0.39 is 0 Å². The molecular formula is C15H13FN4OS. The lowest BCUT2D eigenvalue weighted by molar-refractivity contribution is 0.102. The van der Waals surface area contributed by atoms with Gasteiger partial charge in [0.05, 0.1) is 16.9 Å². The molecule has 0 aliphatic rings. The molecule has 2 heterocycles. The molecule has 0 spiro atoms. The van der Waals surface area contributed by atoms with Gasteiger partial charge < -0.3 is 5.32 Å². The molecule has 2 aromatic heterocycles. The highest BCUT2D eigenvalue weighted by atomic mass is 32.1. The van der Waals surface area contributed by atoms with Crippen LogP contribution in [0.3, 0.4) is 0 Å². The van der Waals surface area contributed by atoms with Crippen LogP contribution < -0.4 is 5.32 Å². The van der Waals surface area contributed by atoms with Crippen LogP contribution in [0.25, 0.3) is 0 Å². The van der Waals surface area contributed by atoms with E-state index in [0.29, 0.717) is 28.4 Å². The van der Waals surface area contributed by atoms with Gasteiger partial charge in [0.15, 0.2) is 0 Å². The van der Waals surface area contributed by atoms with Crippen LogP contribution in [0.1, 0.15) is 21.1 Å². The molecule has 7 heteroatoms. The van der Waals surface area contributed by atoms with Crippen molar-refractivity contribution in [1.82, 2.24) is 14.8 Å². The van der Waals surface area contributed by atoms with Crippen molar-refractivity contribution in [2.45, 2.75) is 6.42 Å². The molecule has 3 aromatic rings. The van der Waals surface area contributed by atoms with E-state index in [-0.39, 0.29) is 11.7 Å². The second-order valence-electron chi connectivity index (χ2n) is 4.75. The number of halogens is 1. The highest BCUT2D eigenvalue weighted by Gasteiger charge is 2.13. The number of hydrogen-bond acceptors (Lipinski definition) is 4. The largest absolute Gasteiger partial charge is 0.318 e. The molecule has 3 rings (SSSR count). The maximum Gasteiger partial charge on any atom is 0.275 e. The van der Waals surface area contributed by atoms with Crippen molar-refractivity contribution < 1.29 is 9.18 Å². The van der Waals surface area contributed by atoms with Gasteiger partial charge in [0, 0.05) is 25.0 Å². The average molecular weight is 316 g/mol. The quantitative estimate of drug-likeness (QED) is 0.805. The molecule has 1 N–H and O–H groups in total. The van der Waals surface area contributed by atoms with Crippen molar-refractivity contribution >= 4 is 22.9 Å². The summed E-state index contributed by atoms with van der Waals surface area (Å²) in [4.78, 5) is 16.3. The molecule has 0 saturated heterocycles. The summed E-state index contributed by atoms with van der Waals surface area (Å²) in [7, 11) is 1.77. The number of nitrogens with one attached hydrogen (secondary N) is 1. The predicted molar refractivity (Wildman–Crippen MR) is 82.5 cm³/mol. The first-order valence-electron chi connectivity index (χ1n) is 6.59. The van der Waals surface area contributed by atoms with E-state index in [1.165, 1.54) is 17.4 Å². The summed E-state index contributed by atoms with van der Waals surface area (Å²) in [6.07, 6.45) is 3.63. The molecule has 112 valence electrons. The summed E-state index contributed by atoms with van der Waals surface area (Å²) in [5.74, 6) is -0.567. The van der Waals surface area contributed by atoms with Crippen LogP contribution in [-0.2, 0) is 13.5 Å². The number of carbonyl (C=O) groups is 1. The SMILES string of the molecule is Cn1cc(NC(=O)c2csc(Cc3ccccc3F)n2)cn1. The Labute approximate surface area is 130 Å². The zero-order valence-electron chi connectivity index (χ0n) is 11.8.